The number of anilines is 1. The molecule has 0 bridgehead atoms. The van der Waals surface area contributed by atoms with Gasteiger partial charge in [-0.1, -0.05) is 17.7 Å². The Hall–Kier alpha value is -4.36. The zero-order valence-electron chi connectivity index (χ0n) is 33.9. The Kier molecular flexibility index (Phi) is 16.9. The van der Waals surface area contributed by atoms with Gasteiger partial charge in [-0.05, 0) is 102 Å². The molecule has 1 N–H and O–H groups in total. The number of aliphatic hydroxyl groups is 1. The predicted molar refractivity (Wildman–Crippen MR) is 208 cm³/mol. The number of rotatable bonds is 17. The Morgan fingerprint density at radius 2 is 1.30 bits per heavy atom. The zero-order valence-corrected chi connectivity index (χ0v) is 33.9. The van der Waals surface area contributed by atoms with E-state index in [4.69, 9.17) is 28.4 Å². The maximum absolute atomic E-state index is 9.36. The topological polar surface area (TPSA) is 130 Å². The summed E-state index contributed by atoms with van der Waals surface area (Å²) in [6, 6.07) is 10.1. The van der Waals surface area contributed by atoms with E-state index in [2.05, 4.69) is 52.8 Å². The van der Waals surface area contributed by atoms with E-state index in [9.17, 15) is 5.11 Å². The van der Waals surface area contributed by atoms with Crippen molar-refractivity contribution in [3.8, 4) is 23.3 Å². The van der Waals surface area contributed by atoms with Crippen LogP contribution in [0.2, 0.25) is 0 Å². The van der Waals surface area contributed by atoms with Gasteiger partial charge in [-0.3, -0.25) is 0 Å². The van der Waals surface area contributed by atoms with Crippen molar-refractivity contribution in [2.45, 2.75) is 80.4 Å². The van der Waals surface area contributed by atoms with Crippen molar-refractivity contribution in [3.63, 3.8) is 0 Å². The molecule has 0 radical (unpaired) electrons. The predicted octanol–water partition coefficient (Wildman–Crippen LogP) is 6.69. The van der Waals surface area contributed by atoms with Crippen molar-refractivity contribution in [3.05, 3.63) is 86.6 Å². The number of methoxy groups -OCH3 is 4. The SMILES string of the molecule is COCC(CCO)N(C)c1nc(C)nc(Oc2ccc(OC)cc2C)c1C.COCC(COC)Oc1nc(C)nc(Cc2c(C)cc(C)cc2C)c1C. The van der Waals surface area contributed by atoms with Crippen LogP contribution >= 0.6 is 0 Å². The minimum absolute atomic E-state index is 0.00331. The Balaban J connectivity index is 0.000000286. The van der Waals surface area contributed by atoms with Crippen LogP contribution in [0.15, 0.2) is 30.3 Å². The number of aryl methyl sites for hydroxylation is 6. The molecule has 290 valence electrons. The summed E-state index contributed by atoms with van der Waals surface area (Å²) in [5.41, 5.74) is 8.92. The van der Waals surface area contributed by atoms with Crippen LogP contribution in [0.25, 0.3) is 0 Å². The summed E-state index contributed by atoms with van der Waals surface area (Å²) in [5, 5.41) is 9.36. The summed E-state index contributed by atoms with van der Waals surface area (Å²) in [5.74, 6) is 4.70. The van der Waals surface area contributed by atoms with Crippen molar-refractivity contribution in [2.75, 3.05) is 66.8 Å². The van der Waals surface area contributed by atoms with Crippen molar-refractivity contribution < 1.29 is 33.5 Å². The second kappa shape index (κ2) is 20.8. The van der Waals surface area contributed by atoms with Crippen LogP contribution in [0.1, 0.15) is 62.7 Å². The highest BCUT2D eigenvalue weighted by Crippen LogP contribution is 2.33. The molecule has 0 fully saturated rings. The van der Waals surface area contributed by atoms with E-state index in [1.165, 1.54) is 22.3 Å². The number of benzene rings is 2. The standard InChI is InChI=1S/C21H30N2O3.C20H29N3O4/c1-13-8-14(2)19(15(3)9-13)10-20-16(4)21(23-17(5)22-20)26-18(11-24-6)12-25-7;1-13-11-17(26-6)7-8-18(13)27-20-14(2)19(21-15(3)22-20)23(4)16(9-10-24)12-25-5/h8-9,18H,10-12H2,1-7H3;7-8,11,16,24H,9-10,12H2,1-6H3. The van der Waals surface area contributed by atoms with Gasteiger partial charge >= 0.3 is 0 Å². The Bertz CT molecular complexity index is 1750. The summed E-state index contributed by atoms with van der Waals surface area (Å²) >= 11 is 0. The average Bonchev–Trinajstić information content (AvgIpc) is 3.10. The quantitative estimate of drug-likeness (QED) is 0.124. The van der Waals surface area contributed by atoms with Crippen LogP contribution < -0.4 is 19.1 Å². The molecule has 1 unspecified atom stereocenters. The van der Waals surface area contributed by atoms with Gasteiger partial charge < -0.3 is 38.4 Å². The smallest absolute Gasteiger partial charge is 0.227 e. The summed E-state index contributed by atoms with van der Waals surface area (Å²) in [6.45, 7) is 17.5. The lowest BCUT2D eigenvalue weighted by Crippen LogP contribution is -2.37. The number of nitrogens with zero attached hydrogens (tertiary/aromatic N) is 5. The van der Waals surface area contributed by atoms with Gasteiger partial charge in [0.2, 0.25) is 11.8 Å². The minimum atomic E-state index is -0.200. The number of hydrogen-bond donors (Lipinski definition) is 1. The summed E-state index contributed by atoms with van der Waals surface area (Å²) in [6.07, 6.45) is 1.15. The number of aromatic nitrogens is 4. The Labute approximate surface area is 315 Å². The fourth-order valence-electron chi connectivity index (χ4n) is 6.15. The molecule has 12 heteroatoms. The first-order chi connectivity index (χ1) is 25.3. The third kappa shape index (κ3) is 12.1. The zero-order chi connectivity index (χ0) is 39.2. The summed E-state index contributed by atoms with van der Waals surface area (Å²) < 4.78 is 33.1. The van der Waals surface area contributed by atoms with Crippen LogP contribution in [0.4, 0.5) is 5.82 Å². The van der Waals surface area contributed by atoms with Crippen LogP contribution in [-0.4, -0.2) is 99.1 Å². The second-order valence-electron chi connectivity index (χ2n) is 13.3. The van der Waals surface area contributed by atoms with Crippen LogP contribution in [-0.2, 0) is 20.6 Å². The molecule has 0 aliphatic rings. The maximum Gasteiger partial charge on any atom is 0.227 e. The number of ether oxygens (including phenoxy) is 6. The number of aliphatic hydroxyl groups excluding tert-OH is 1. The highest BCUT2D eigenvalue weighted by atomic mass is 16.6. The summed E-state index contributed by atoms with van der Waals surface area (Å²) in [7, 11) is 8.53. The van der Waals surface area contributed by atoms with Gasteiger partial charge in [0.05, 0.1) is 44.2 Å². The highest BCUT2D eigenvalue weighted by molar-refractivity contribution is 5.53. The van der Waals surface area contributed by atoms with Gasteiger partial charge in [-0.25, -0.2) is 9.97 Å². The first-order valence-electron chi connectivity index (χ1n) is 17.8. The molecule has 0 aliphatic carbocycles. The van der Waals surface area contributed by atoms with Crippen molar-refractivity contribution in [1.29, 1.82) is 0 Å². The molecule has 12 nitrogen and oxygen atoms in total. The maximum atomic E-state index is 9.36. The van der Waals surface area contributed by atoms with Gasteiger partial charge in [0.15, 0.2) is 0 Å². The first-order valence-corrected chi connectivity index (χ1v) is 17.8. The fraction of sp³-hybridized carbons (Fsp3) is 0.512. The lowest BCUT2D eigenvalue weighted by atomic mass is 9.95. The molecule has 0 saturated carbocycles. The van der Waals surface area contributed by atoms with Crippen LogP contribution in [0.5, 0.6) is 23.3 Å². The highest BCUT2D eigenvalue weighted by Gasteiger charge is 2.22. The molecule has 0 spiro atoms. The largest absolute Gasteiger partial charge is 0.497 e. The van der Waals surface area contributed by atoms with E-state index in [0.29, 0.717) is 49.7 Å². The minimum Gasteiger partial charge on any atom is -0.497 e. The van der Waals surface area contributed by atoms with E-state index < -0.39 is 0 Å². The van der Waals surface area contributed by atoms with Gasteiger partial charge in [0, 0.05) is 47.0 Å². The van der Waals surface area contributed by atoms with E-state index in [-0.39, 0.29) is 18.8 Å². The summed E-state index contributed by atoms with van der Waals surface area (Å²) in [4.78, 5) is 20.2. The number of likely N-dealkylation sites (N-methyl/N-ethyl adjacent to an activating group) is 1. The normalized spacial score (nSPS) is 11.6. The Morgan fingerprint density at radius 3 is 1.87 bits per heavy atom. The molecule has 0 amide bonds. The molecule has 2 aromatic carbocycles. The first kappa shape index (κ1) is 43.0. The van der Waals surface area contributed by atoms with Gasteiger partial charge in [-0.2, -0.15) is 9.97 Å². The van der Waals surface area contributed by atoms with E-state index >= 15 is 0 Å². The van der Waals surface area contributed by atoms with Gasteiger partial charge in [0.25, 0.3) is 0 Å². The van der Waals surface area contributed by atoms with Crippen molar-refractivity contribution in [1.82, 2.24) is 19.9 Å². The molecule has 2 aromatic heterocycles. The van der Waals surface area contributed by atoms with E-state index in [1.807, 2.05) is 64.8 Å². The number of hydrogen-bond acceptors (Lipinski definition) is 12. The third-order valence-corrected chi connectivity index (χ3v) is 8.96. The molecular formula is C41H59N5O7. The van der Waals surface area contributed by atoms with Gasteiger partial charge in [-0.15, -0.1) is 0 Å². The second-order valence-corrected chi connectivity index (χ2v) is 13.3. The van der Waals surface area contributed by atoms with Crippen LogP contribution in [0.3, 0.4) is 0 Å². The lowest BCUT2D eigenvalue weighted by Gasteiger charge is -2.30. The molecule has 4 rings (SSSR count). The molecular weight excluding hydrogens is 674 g/mol. The lowest BCUT2D eigenvalue weighted by molar-refractivity contribution is 0.0215. The Morgan fingerprint density at radius 1 is 0.698 bits per heavy atom. The fourth-order valence-corrected chi connectivity index (χ4v) is 6.15. The molecule has 53 heavy (non-hydrogen) atoms. The van der Waals surface area contributed by atoms with Crippen molar-refractivity contribution in [2.24, 2.45) is 0 Å². The van der Waals surface area contributed by atoms with Crippen LogP contribution in [0, 0.1) is 55.4 Å². The van der Waals surface area contributed by atoms with Crippen molar-refractivity contribution >= 4 is 5.82 Å². The molecule has 1 atom stereocenters. The molecule has 2 heterocycles. The average molecular weight is 734 g/mol. The molecule has 0 aliphatic heterocycles. The molecule has 0 saturated heterocycles. The van der Waals surface area contributed by atoms with E-state index in [1.54, 1.807) is 28.4 Å². The monoisotopic (exact) mass is 733 g/mol. The molecule has 4 aromatic rings. The van der Waals surface area contributed by atoms with E-state index in [0.717, 1.165) is 46.1 Å². The third-order valence-electron chi connectivity index (χ3n) is 8.96. The van der Waals surface area contributed by atoms with Gasteiger partial charge in [0.1, 0.15) is 35.1 Å².